The molecule has 11 nitrogen and oxygen atoms in total. The highest BCUT2D eigenvalue weighted by Gasteiger charge is 2.60. The molecular formula is C22H34N6O5S. The van der Waals surface area contributed by atoms with E-state index in [0.29, 0.717) is 30.8 Å². The summed E-state index contributed by atoms with van der Waals surface area (Å²) in [5.74, 6) is -2.27. The van der Waals surface area contributed by atoms with Crippen molar-refractivity contribution in [3.63, 3.8) is 0 Å². The first-order valence-corrected chi connectivity index (χ1v) is 12.6. The van der Waals surface area contributed by atoms with E-state index in [1.54, 1.807) is 25.9 Å². The molecule has 6 N–H and O–H groups in total. The van der Waals surface area contributed by atoms with Crippen LogP contribution in [0.1, 0.15) is 26.7 Å². The van der Waals surface area contributed by atoms with Crippen molar-refractivity contribution in [1.29, 1.82) is 0 Å². The van der Waals surface area contributed by atoms with Crippen LogP contribution in [-0.2, 0) is 19.2 Å². The Morgan fingerprint density at radius 2 is 1.88 bits per heavy atom. The molecule has 4 heterocycles. The van der Waals surface area contributed by atoms with Crippen LogP contribution in [0.3, 0.4) is 0 Å². The molecule has 3 saturated heterocycles. The molecule has 8 atom stereocenters. The molecule has 0 bridgehead atoms. The summed E-state index contributed by atoms with van der Waals surface area (Å²) in [6, 6.07) is -1.49. The topological polar surface area (TPSA) is 157 Å². The number of amides is 3. The van der Waals surface area contributed by atoms with Crippen LogP contribution in [0, 0.1) is 11.8 Å². The first-order chi connectivity index (χ1) is 16.0. The zero-order valence-corrected chi connectivity index (χ0v) is 20.7. The Morgan fingerprint density at radius 1 is 1.21 bits per heavy atom. The van der Waals surface area contributed by atoms with Gasteiger partial charge in [0, 0.05) is 55.3 Å². The maximum atomic E-state index is 13.1. The number of carbonyl (C=O) groups is 4. The van der Waals surface area contributed by atoms with Crippen molar-refractivity contribution in [3.05, 3.63) is 10.6 Å². The van der Waals surface area contributed by atoms with Gasteiger partial charge in [0.2, 0.25) is 17.7 Å². The van der Waals surface area contributed by atoms with Crippen LogP contribution in [-0.4, -0.2) is 101 Å². The molecule has 188 valence electrons. The third kappa shape index (κ3) is 4.32. The number of nitrogens with zero attached hydrogens (tertiary/aromatic N) is 2. The fraction of sp³-hybridized carbons (Fsp3) is 0.727. The minimum Gasteiger partial charge on any atom is -0.477 e. The molecule has 4 rings (SSSR count). The molecule has 0 aliphatic carbocycles. The summed E-state index contributed by atoms with van der Waals surface area (Å²) in [5, 5.41) is 19.2. The molecule has 34 heavy (non-hydrogen) atoms. The third-order valence-corrected chi connectivity index (χ3v) is 8.82. The van der Waals surface area contributed by atoms with E-state index < -0.39 is 17.9 Å². The highest BCUT2D eigenvalue weighted by molar-refractivity contribution is 8.03. The van der Waals surface area contributed by atoms with Crippen molar-refractivity contribution in [2.24, 2.45) is 17.6 Å². The second-order valence-electron chi connectivity index (χ2n) is 9.95. The SMILES string of the molecule is C[C@@H](NC(=O)[C@@H]1C[C@H](N)CN1)[C@H]1C(=O)N2C(C(=O)O)=C(S[C@@H]3CN[C@H](C(=O)N(C)C)C3)[C@H](C)[C@@H]12. The molecule has 3 fully saturated rings. The number of fused-ring (bicyclic) bond motifs is 1. The van der Waals surface area contributed by atoms with E-state index in [4.69, 9.17) is 5.73 Å². The molecule has 0 aromatic heterocycles. The van der Waals surface area contributed by atoms with E-state index in [1.807, 2.05) is 6.92 Å². The fourth-order valence-electron chi connectivity index (χ4n) is 5.55. The Bertz CT molecular complexity index is 925. The Morgan fingerprint density at radius 3 is 2.47 bits per heavy atom. The monoisotopic (exact) mass is 494 g/mol. The van der Waals surface area contributed by atoms with Gasteiger partial charge < -0.3 is 36.6 Å². The number of carboxylic acids is 1. The smallest absolute Gasteiger partial charge is 0.353 e. The molecule has 0 radical (unpaired) electrons. The fourth-order valence-corrected chi connectivity index (χ4v) is 7.03. The van der Waals surface area contributed by atoms with Gasteiger partial charge in [-0.05, 0) is 19.8 Å². The second kappa shape index (κ2) is 9.48. The van der Waals surface area contributed by atoms with E-state index in [-0.39, 0.29) is 58.8 Å². The van der Waals surface area contributed by atoms with Crippen LogP contribution in [0.5, 0.6) is 0 Å². The summed E-state index contributed by atoms with van der Waals surface area (Å²) in [4.78, 5) is 53.7. The summed E-state index contributed by atoms with van der Waals surface area (Å²) >= 11 is 1.45. The number of nitrogens with one attached hydrogen (secondary N) is 3. The van der Waals surface area contributed by atoms with Crippen LogP contribution in [0.2, 0.25) is 0 Å². The van der Waals surface area contributed by atoms with Gasteiger partial charge in [-0.1, -0.05) is 6.92 Å². The number of carbonyl (C=O) groups excluding carboxylic acids is 3. The summed E-state index contributed by atoms with van der Waals surface area (Å²) in [5.41, 5.74) is 5.91. The number of nitrogens with two attached hydrogens (primary N) is 1. The predicted octanol–water partition coefficient (Wildman–Crippen LogP) is -1.49. The lowest BCUT2D eigenvalue weighted by Crippen LogP contribution is -2.66. The van der Waals surface area contributed by atoms with Gasteiger partial charge in [-0.25, -0.2) is 4.79 Å². The van der Waals surface area contributed by atoms with E-state index in [2.05, 4.69) is 16.0 Å². The van der Waals surface area contributed by atoms with Crippen molar-refractivity contribution in [2.75, 3.05) is 27.2 Å². The standard InChI is InChI=1S/C22H34N6O5S/c1-9-16-15(10(2)26-19(29)13-5-11(23)7-24-13)21(31)28(16)17(22(32)33)18(9)34-12-6-14(25-8-12)20(30)27(3)4/h9-16,24-25H,5-8,23H2,1-4H3,(H,26,29)(H,32,33)/t9-,10-,11+,12+,13+,14+,15-,16+/m1/s1. The van der Waals surface area contributed by atoms with Crippen LogP contribution in [0.25, 0.3) is 0 Å². The first-order valence-electron chi connectivity index (χ1n) is 11.7. The maximum Gasteiger partial charge on any atom is 0.353 e. The molecule has 12 heteroatoms. The van der Waals surface area contributed by atoms with Gasteiger partial charge in [-0.3, -0.25) is 14.4 Å². The molecule has 0 unspecified atom stereocenters. The Balaban J connectivity index is 1.44. The number of rotatable bonds is 7. The Kier molecular flexibility index (Phi) is 6.96. The van der Waals surface area contributed by atoms with Gasteiger partial charge in [0.1, 0.15) is 5.70 Å². The second-order valence-corrected chi connectivity index (χ2v) is 11.3. The molecule has 0 aromatic carbocycles. The highest BCUT2D eigenvalue weighted by Crippen LogP contribution is 2.51. The van der Waals surface area contributed by atoms with E-state index in [9.17, 15) is 24.3 Å². The third-order valence-electron chi connectivity index (χ3n) is 7.30. The van der Waals surface area contributed by atoms with Crippen molar-refractivity contribution in [2.45, 2.75) is 62.1 Å². The van der Waals surface area contributed by atoms with E-state index >= 15 is 0 Å². The molecule has 0 saturated carbocycles. The van der Waals surface area contributed by atoms with Gasteiger partial charge in [0.25, 0.3) is 0 Å². The molecule has 4 aliphatic rings. The average molecular weight is 495 g/mol. The largest absolute Gasteiger partial charge is 0.477 e. The Hall–Kier alpha value is -2.15. The van der Waals surface area contributed by atoms with Gasteiger partial charge in [-0.2, -0.15) is 0 Å². The summed E-state index contributed by atoms with van der Waals surface area (Å²) in [7, 11) is 3.42. The van der Waals surface area contributed by atoms with Gasteiger partial charge >= 0.3 is 5.97 Å². The zero-order chi connectivity index (χ0) is 24.9. The van der Waals surface area contributed by atoms with Crippen LogP contribution >= 0.6 is 11.8 Å². The zero-order valence-electron chi connectivity index (χ0n) is 19.9. The minimum atomic E-state index is -1.13. The van der Waals surface area contributed by atoms with Crippen molar-refractivity contribution in [3.8, 4) is 0 Å². The average Bonchev–Trinajstić information content (AvgIpc) is 3.46. The normalized spacial score (nSPS) is 35.7. The molecular weight excluding hydrogens is 460 g/mol. The van der Waals surface area contributed by atoms with E-state index in [1.165, 1.54) is 16.7 Å². The Labute approximate surface area is 203 Å². The molecule has 4 aliphatic heterocycles. The summed E-state index contributed by atoms with van der Waals surface area (Å²) in [6.45, 7) is 4.89. The van der Waals surface area contributed by atoms with Crippen LogP contribution < -0.4 is 21.7 Å². The van der Waals surface area contributed by atoms with Crippen LogP contribution in [0.15, 0.2) is 10.6 Å². The minimum absolute atomic E-state index is 0.00338. The summed E-state index contributed by atoms with van der Waals surface area (Å²) in [6.07, 6.45) is 1.14. The molecule has 0 spiro atoms. The molecule has 3 amide bonds. The lowest BCUT2D eigenvalue weighted by atomic mass is 9.78. The predicted molar refractivity (Wildman–Crippen MR) is 126 cm³/mol. The van der Waals surface area contributed by atoms with E-state index in [0.717, 1.165) is 0 Å². The lowest BCUT2D eigenvalue weighted by molar-refractivity contribution is -0.158. The van der Waals surface area contributed by atoms with Gasteiger partial charge in [-0.15, -0.1) is 11.8 Å². The number of carboxylic acid groups (broad SMARTS) is 1. The van der Waals surface area contributed by atoms with Crippen molar-refractivity contribution in [1.82, 2.24) is 25.8 Å². The van der Waals surface area contributed by atoms with Gasteiger partial charge in [0.05, 0.1) is 24.0 Å². The molecule has 0 aromatic rings. The van der Waals surface area contributed by atoms with Gasteiger partial charge in [0.15, 0.2) is 0 Å². The van der Waals surface area contributed by atoms with Crippen LogP contribution in [0.4, 0.5) is 0 Å². The number of aliphatic carboxylic acids is 1. The number of hydrogen-bond donors (Lipinski definition) is 5. The van der Waals surface area contributed by atoms with Crippen molar-refractivity contribution >= 4 is 35.5 Å². The van der Waals surface area contributed by atoms with Crippen molar-refractivity contribution < 1.29 is 24.3 Å². The highest BCUT2D eigenvalue weighted by atomic mass is 32.2. The number of thioether (sulfide) groups is 1. The maximum absolute atomic E-state index is 13.1. The number of likely N-dealkylation sites (N-methyl/N-ethyl adjacent to an activating group) is 1. The number of hydrogen-bond acceptors (Lipinski definition) is 8. The number of β-lactam (4-membered cyclic amide) rings is 1. The summed E-state index contributed by atoms with van der Waals surface area (Å²) < 4.78 is 0. The quantitative estimate of drug-likeness (QED) is 0.266. The first kappa shape index (κ1) is 25.0. The lowest BCUT2D eigenvalue weighted by Gasteiger charge is -2.47.